The topological polar surface area (TPSA) is 49.4 Å². The fourth-order valence-electron chi connectivity index (χ4n) is 3.04. The number of benzene rings is 1. The summed E-state index contributed by atoms with van der Waals surface area (Å²) < 4.78 is 0. The smallest absolute Gasteiger partial charge is 0.269 e. The predicted octanol–water partition coefficient (Wildman–Crippen LogP) is 3.85. The van der Waals surface area contributed by atoms with E-state index < -0.39 is 5.54 Å². The third-order valence-corrected chi connectivity index (χ3v) is 4.34. The molecule has 4 heteroatoms. The van der Waals surface area contributed by atoms with Crippen LogP contribution in [0.4, 0.5) is 0 Å². The number of carbonyl (C=O) groups excluding carboxylic acids is 2. The molecule has 2 rings (SSSR count). The van der Waals surface area contributed by atoms with E-state index in [9.17, 15) is 9.59 Å². The molecule has 0 atom stereocenters. The molecule has 0 unspecified atom stereocenters. The molecular formula is C19H28N2O2. The zero-order valence-electron chi connectivity index (χ0n) is 14.7. The van der Waals surface area contributed by atoms with E-state index in [0.717, 1.165) is 31.2 Å². The van der Waals surface area contributed by atoms with Gasteiger partial charge in [0.15, 0.2) is 0 Å². The quantitative estimate of drug-likeness (QED) is 0.843. The van der Waals surface area contributed by atoms with Crippen LogP contribution in [0.15, 0.2) is 24.3 Å². The van der Waals surface area contributed by atoms with E-state index in [1.54, 1.807) is 6.07 Å². The van der Waals surface area contributed by atoms with Gasteiger partial charge in [-0.25, -0.2) is 5.01 Å². The van der Waals surface area contributed by atoms with Crippen LogP contribution in [0, 0.1) is 12.8 Å². The Labute approximate surface area is 139 Å². The lowest BCUT2D eigenvalue weighted by molar-refractivity contribution is -0.145. The van der Waals surface area contributed by atoms with Crippen LogP contribution in [0.25, 0.3) is 0 Å². The molecule has 2 amide bonds. The Hall–Kier alpha value is -1.84. The molecule has 126 valence electrons. The van der Waals surface area contributed by atoms with Gasteiger partial charge in [-0.2, -0.15) is 0 Å². The van der Waals surface area contributed by atoms with E-state index in [4.69, 9.17) is 0 Å². The maximum absolute atomic E-state index is 12.9. The van der Waals surface area contributed by atoms with Crippen molar-refractivity contribution in [3.05, 3.63) is 35.4 Å². The van der Waals surface area contributed by atoms with Crippen LogP contribution in [-0.4, -0.2) is 22.4 Å². The lowest BCUT2D eigenvalue weighted by Crippen LogP contribution is -2.57. The second-order valence-corrected chi connectivity index (χ2v) is 7.49. The normalized spacial score (nSPS) is 16.0. The minimum atomic E-state index is -0.450. The average molecular weight is 316 g/mol. The summed E-state index contributed by atoms with van der Waals surface area (Å²) in [6, 6.07) is 7.41. The van der Waals surface area contributed by atoms with Crippen LogP contribution >= 0.6 is 0 Å². The molecule has 1 aliphatic rings. The molecule has 0 aromatic heterocycles. The molecule has 1 aromatic rings. The minimum absolute atomic E-state index is 0.0285. The Morgan fingerprint density at radius 3 is 2.35 bits per heavy atom. The van der Waals surface area contributed by atoms with Crippen molar-refractivity contribution < 1.29 is 9.59 Å². The number of rotatable bonds is 2. The van der Waals surface area contributed by atoms with Crippen LogP contribution in [0.5, 0.6) is 0 Å². The summed E-state index contributed by atoms with van der Waals surface area (Å²) in [6.07, 6.45) is 5.24. The molecule has 0 radical (unpaired) electrons. The van der Waals surface area contributed by atoms with Crippen LogP contribution in [0.3, 0.4) is 0 Å². The number of hydrazine groups is 1. The van der Waals surface area contributed by atoms with Gasteiger partial charge in [-0.05, 0) is 52.7 Å². The van der Waals surface area contributed by atoms with Crippen LogP contribution in [0.2, 0.25) is 0 Å². The van der Waals surface area contributed by atoms with Crippen LogP contribution in [-0.2, 0) is 4.79 Å². The second kappa shape index (κ2) is 7.16. The summed E-state index contributed by atoms with van der Waals surface area (Å²) in [5.41, 5.74) is 4.00. The van der Waals surface area contributed by atoms with Gasteiger partial charge in [0.25, 0.3) is 5.91 Å². The number of nitrogens with zero attached hydrogens (tertiary/aromatic N) is 1. The van der Waals surface area contributed by atoms with Gasteiger partial charge in [0.05, 0.1) is 5.54 Å². The first kappa shape index (κ1) is 17.5. The average Bonchev–Trinajstić information content (AvgIpc) is 2.51. The van der Waals surface area contributed by atoms with E-state index in [2.05, 4.69) is 5.43 Å². The zero-order chi connectivity index (χ0) is 17.0. The first-order valence-electron chi connectivity index (χ1n) is 8.51. The highest BCUT2D eigenvalue weighted by Gasteiger charge is 2.34. The lowest BCUT2D eigenvalue weighted by atomic mass is 9.87. The van der Waals surface area contributed by atoms with Crippen molar-refractivity contribution in [2.45, 2.75) is 65.3 Å². The number of carbonyl (C=O) groups is 2. The molecule has 0 saturated heterocycles. The largest absolute Gasteiger partial charge is 0.273 e. The fourth-order valence-corrected chi connectivity index (χ4v) is 3.04. The standard InChI is InChI=1S/C19H28N2O2/c1-14-9-8-12-16(13-14)17(22)20-21(19(2,3)4)18(23)15-10-6-5-7-11-15/h8-9,12-13,15H,5-7,10-11H2,1-4H3,(H,20,22). The SMILES string of the molecule is Cc1cccc(C(=O)NN(C(=O)C2CCCCC2)C(C)(C)C)c1. The Bertz CT molecular complexity index is 569. The third kappa shape index (κ3) is 4.57. The number of hydrogen-bond donors (Lipinski definition) is 1. The summed E-state index contributed by atoms with van der Waals surface area (Å²) in [4.78, 5) is 25.4. The lowest BCUT2D eigenvalue weighted by Gasteiger charge is -2.38. The summed E-state index contributed by atoms with van der Waals surface area (Å²) >= 11 is 0. The highest BCUT2D eigenvalue weighted by molar-refractivity contribution is 5.95. The maximum Gasteiger partial charge on any atom is 0.269 e. The Balaban J connectivity index is 2.15. The van der Waals surface area contributed by atoms with Crippen molar-refractivity contribution in [3.63, 3.8) is 0 Å². The predicted molar refractivity (Wildman–Crippen MR) is 91.8 cm³/mol. The second-order valence-electron chi connectivity index (χ2n) is 7.49. The minimum Gasteiger partial charge on any atom is -0.273 e. The maximum atomic E-state index is 12.9. The Morgan fingerprint density at radius 2 is 1.78 bits per heavy atom. The molecule has 23 heavy (non-hydrogen) atoms. The molecule has 1 fully saturated rings. The van der Waals surface area contributed by atoms with E-state index in [1.807, 2.05) is 45.9 Å². The number of nitrogens with one attached hydrogen (secondary N) is 1. The van der Waals surface area contributed by atoms with Gasteiger partial charge in [-0.15, -0.1) is 0 Å². The molecule has 0 heterocycles. The van der Waals surface area contributed by atoms with Crippen molar-refractivity contribution in [3.8, 4) is 0 Å². The Kier molecular flexibility index (Phi) is 5.45. The summed E-state index contributed by atoms with van der Waals surface area (Å²) in [5.74, 6) is -0.160. The van der Waals surface area contributed by atoms with E-state index in [-0.39, 0.29) is 17.7 Å². The van der Waals surface area contributed by atoms with E-state index in [0.29, 0.717) is 5.56 Å². The van der Waals surface area contributed by atoms with Gasteiger partial charge in [-0.1, -0.05) is 37.0 Å². The molecule has 1 saturated carbocycles. The zero-order valence-corrected chi connectivity index (χ0v) is 14.7. The van der Waals surface area contributed by atoms with Crippen molar-refractivity contribution >= 4 is 11.8 Å². The number of amides is 2. The van der Waals surface area contributed by atoms with E-state index >= 15 is 0 Å². The van der Waals surface area contributed by atoms with E-state index in [1.165, 1.54) is 11.4 Å². The molecule has 1 N–H and O–H groups in total. The molecule has 0 aliphatic heterocycles. The van der Waals surface area contributed by atoms with Gasteiger partial charge in [-0.3, -0.25) is 15.0 Å². The first-order chi connectivity index (χ1) is 10.8. The van der Waals surface area contributed by atoms with Gasteiger partial charge in [0.1, 0.15) is 0 Å². The highest BCUT2D eigenvalue weighted by atomic mass is 16.2. The fraction of sp³-hybridized carbons (Fsp3) is 0.579. The van der Waals surface area contributed by atoms with Gasteiger partial charge in [0.2, 0.25) is 5.91 Å². The van der Waals surface area contributed by atoms with Crippen molar-refractivity contribution in [2.24, 2.45) is 5.92 Å². The van der Waals surface area contributed by atoms with Gasteiger partial charge >= 0.3 is 0 Å². The molecule has 1 aromatic carbocycles. The van der Waals surface area contributed by atoms with Crippen molar-refractivity contribution in [1.82, 2.24) is 10.4 Å². The highest BCUT2D eigenvalue weighted by Crippen LogP contribution is 2.27. The molecule has 0 bridgehead atoms. The summed E-state index contributed by atoms with van der Waals surface area (Å²) in [5, 5.41) is 1.54. The first-order valence-corrected chi connectivity index (χ1v) is 8.51. The summed E-state index contributed by atoms with van der Waals surface area (Å²) in [6.45, 7) is 7.80. The molecule has 1 aliphatic carbocycles. The van der Waals surface area contributed by atoms with Crippen LogP contribution in [0.1, 0.15) is 68.8 Å². The van der Waals surface area contributed by atoms with Crippen molar-refractivity contribution in [1.29, 1.82) is 0 Å². The van der Waals surface area contributed by atoms with Gasteiger partial charge in [0, 0.05) is 11.5 Å². The van der Waals surface area contributed by atoms with Crippen LogP contribution < -0.4 is 5.43 Å². The Morgan fingerprint density at radius 1 is 1.13 bits per heavy atom. The summed E-state index contributed by atoms with van der Waals surface area (Å²) in [7, 11) is 0. The third-order valence-electron chi connectivity index (χ3n) is 4.34. The van der Waals surface area contributed by atoms with Gasteiger partial charge < -0.3 is 0 Å². The molecule has 0 spiro atoms. The number of aryl methyl sites for hydroxylation is 1. The molecule has 4 nitrogen and oxygen atoms in total. The monoisotopic (exact) mass is 316 g/mol. The molecular weight excluding hydrogens is 288 g/mol. The number of hydrogen-bond acceptors (Lipinski definition) is 2. The van der Waals surface area contributed by atoms with Crippen molar-refractivity contribution in [2.75, 3.05) is 0 Å².